The molecule has 0 saturated heterocycles. The molecule has 3 heterocycles. The normalized spacial score (nSPS) is 14.4. The SMILES string of the molecule is COc1cc(-c2ccccc2)c([N+](=O)[O-])cc1Nc1nccc(N2CC(C)=C3C2=CC=CN3C=O)n1. The van der Waals surface area contributed by atoms with Gasteiger partial charge in [-0.3, -0.25) is 19.8 Å². The van der Waals surface area contributed by atoms with Gasteiger partial charge in [0.05, 0.1) is 34.7 Å². The molecule has 2 aliphatic rings. The van der Waals surface area contributed by atoms with Gasteiger partial charge in [-0.1, -0.05) is 30.3 Å². The van der Waals surface area contributed by atoms with Crippen LogP contribution in [0.4, 0.5) is 23.1 Å². The van der Waals surface area contributed by atoms with Crippen molar-refractivity contribution in [2.75, 3.05) is 23.9 Å². The summed E-state index contributed by atoms with van der Waals surface area (Å²) in [7, 11) is 1.50. The molecule has 2 aliphatic heterocycles. The Kier molecular flexibility index (Phi) is 5.91. The largest absolute Gasteiger partial charge is 0.495 e. The van der Waals surface area contributed by atoms with E-state index in [9.17, 15) is 14.9 Å². The Hall–Kier alpha value is -4.99. The number of methoxy groups -OCH3 is 1. The fraction of sp³-hybridized carbons (Fsp3) is 0.115. The second-order valence-electron chi connectivity index (χ2n) is 8.18. The van der Waals surface area contributed by atoms with Gasteiger partial charge < -0.3 is 15.0 Å². The number of rotatable bonds is 7. The molecule has 1 aromatic heterocycles. The molecule has 5 rings (SSSR count). The number of ether oxygens (including phenoxy) is 1. The molecule has 0 unspecified atom stereocenters. The number of carbonyl (C=O) groups excluding carboxylic acids is 1. The van der Waals surface area contributed by atoms with Gasteiger partial charge in [-0.05, 0) is 42.3 Å². The first-order valence-corrected chi connectivity index (χ1v) is 11.1. The summed E-state index contributed by atoms with van der Waals surface area (Å²) >= 11 is 0. The molecule has 0 atom stereocenters. The van der Waals surface area contributed by atoms with E-state index >= 15 is 0 Å². The molecule has 1 amide bonds. The Bertz CT molecular complexity index is 1450. The van der Waals surface area contributed by atoms with Crippen LogP contribution < -0.4 is 15.0 Å². The van der Waals surface area contributed by atoms with E-state index in [1.54, 1.807) is 35.5 Å². The van der Waals surface area contributed by atoms with E-state index in [1.807, 2.05) is 48.2 Å². The highest BCUT2D eigenvalue weighted by atomic mass is 16.6. The third-order valence-corrected chi connectivity index (χ3v) is 5.97. The lowest BCUT2D eigenvalue weighted by molar-refractivity contribution is -0.384. The summed E-state index contributed by atoms with van der Waals surface area (Å²) in [6.45, 7) is 2.53. The van der Waals surface area contributed by atoms with Crippen LogP contribution in [0, 0.1) is 10.1 Å². The van der Waals surface area contributed by atoms with E-state index in [2.05, 4.69) is 15.3 Å². The predicted octanol–water partition coefficient (Wildman–Crippen LogP) is 4.77. The Morgan fingerprint density at radius 3 is 2.72 bits per heavy atom. The van der Waals surface area contributed by atoms with E-state index in [1.165, 1.54) is 13.2 Å². The number of amides is 1. The average Bonchev–Trinajstić information content (AvgIpc) is 3.25. The first-order valence-electron chi connectivity index (χ1n) is 11.1. The number of anilines is 3. The Morgan fingerprint density at radius 2 is 2.00 bits per heavy atom. The molecule has 0 bridgehead atoms. The van der Waals surface area contributed by atoms with E-state index in [0.29, 0.717) is 34.9 Å². The van der Waals surface area contributed by atoms with Gasteiger partial charge >= 0.3 is 0 Å². The van der Waals surface area contributed by atoms with Crippen molar-refractivity contribution < 1.29 is 14.5 Å². The zero-order chi connectivity index (χ0) is 25.2. The molecule has 0 radical (unpaired) electrons. The third kappa shape index (κ3) is 4.05. The van der Waals surface area contributed by atoms with Crippen LogP contribution in [0.1, 0.15) is 6.92 Å². The number of hydrogen-bond acceptors (Lipinski definition) is 8. The number of hydrogen-bond donors (Lipinski definition) is 1. The highest BCUT2D eigenvalue weighted by Gasteiger charge is 2.31. The van der Waals surface area contributed by atoms with Crippen LogP contribution in [0.2, 0.25) is 0 Å². The number of nitro groups is 1. The van der Waals surface area contributed by atoms with Crippen LogP contribution >= 0.6 is 0 Å². The molecule has 2 aromatic carbocycles. The average molecular weight is 483 g/mol. The first kappa shape index (κ1) is 22.8. The summed E-state index contributed by atoms with van der Waals surface area (Å²) in [5.74, 6) is 1.28. The molecule has 180 valence electrons. The number of nitro benzene ring substituents is 1. The second-order valence-corrected chi connectivity index (χ2v) is 8.18. The van der Waals surface area contributed by atoms with Crippen molar-refractivity contribution in [1.82, 2.24) is 14.9 Å². The Balaban J connectivity index is 1.49. The van der Waals surface area contributed by atoms with Gasteiger partial charge in [-0.15, -0.1) is 0 Å². The number of benzene rings is 2. The molecule has 0 spiro atoms. The molecule has 0 saturated carbocycles. The van der Waals surface area contributed by atoms with Crippen molar-refractivity contribution in [3.8, 4) is 16.9 Å². The maximum Gasteiger partial charge on any atom is 0.279 e. The number of aromatic nitrogens is 2. The summed E-state index contributed by atoms with van der Waals surface area (Å²) in [4.78, 5) is 35.4. The fourth-order valence-electron chi connectivity index (χ4n) is 4.37. The fourth-order valence-corrected chi connectivity index (χ4v) is 4.37. The zero-order valence-corrected chi connectivity index (χ0v) is 19.6. The molecule has 1 N–H and O–H groups in total. The monoisotopic (exact) mass is 482 g/mol. The first-order chi connectivity index (χ1) is 17.5. The summed E-state index contributed by atoms with van der Waals surface area (Å²) in [5, 5.41) is 15.0. The van der Waals surface area contributed by atoms with Crippen LogP contribution in [0.25, 0.3) is 11.1 Å². The molecule has 3 aromatic rings. The number of nitrogens with one attached hydrogen (secondary N) is 1. The third-order valence-electron chi connectivity index (χ3n) is 5.97. The minimum atomic E-state index is -0.424. The van der Waals surface area contributed by atoms with E-state index in [0.717, 1.165) is 23.4 Å². The topological polar surface area (TPSA) is 114 Å². The summed E-state index contributed by atoms with van der Waals surface area (Å²) in [5.41, 5.74) is 4.16. The van der Waals surface area contributed by atoms with Gasteiger partial charge in [0.25, 0.3) is 5.69 Å². The lowest BCUT2D eigenvalue weighted by Crippen LogP contribution is -2.25. The lowest BCUT2D eigenvalue weighted by atomic mass is 10.0. The van der Waals surface area contributed by atoms with Gasteiger partial charge in [-0.2, -0.15) is 4.98 Å². The molecule has 10 nitrogen and oxygen atoms in total. The van der Waals surface area contributed by atoms with Crippen molar-refractivity contribution in [3.05, 3.63) is 100 Å². The standard InChI is InChI=1S/C26H22N6O4/c1-17-15-31(21-9-6-12-30(16-33)25(17)21)24-10-11-27-26(29-24)28-20-14-22(32(34)35)19(13-23(20)36-2)18-7-4-3-5-8-18/h3-14,16H,15H2,1-2H3,(H,27,28,29). The van der Waals surface area contributed by atoms with Crippen LogP contribution in [0.15, 0.2) is 90.0 Å². The van der Waals surface area contributed by atoms with E-state index in [-0.39, 0.29) is 11.6 Å². The molecular weight excluding hydrogens is 460 g/mol. The van der Waals surface area contributed by atoms with Gasteiger partial charge in [0.2, 0.25) is 12.4 Å². The zero-order valence-electron chi connectivity index (χ0n) is 19.6. The molecule has 10 heteroatoms. The van der Waals surface area contributed by atoms with E-state index in [4.69, 9.17) is 4.74 Å². The van der Waals surface area contributed by atoms with Crippen molar-refractivity contribution in [1.29, 1.82) is 0 Å². The molecule has 0 fully saturated rings. The van der Waals surface area contributed by atoms with Gasteiger partial charge in [0.15, 0.2) is 0 Å². The van der Waals surface area contributed by atoms with Gasteiger partial charge in [0.1, 0.15) is 11.6 Å². The lowest BCUT2D eigenvalue weighted by Gasteiger charge is -2.25. The van der Waals surface area contributed by atoms with Gasteiger partial charge in [-0.25, -0.2) is 4.98 Å². The molecular formula is C26H22N6O4. The minimum Gasteiger partial charge on any atom is -0.495 e. The van der Waals surface area contributed by atoms with Gasteiger partial charge in [0, 0.05) is 25.0 Å². The number of allylic oxidation sites excluding steroid dienone is 2. The Labute approximate surface area is 207 Å². The highest BCUT2D eigenvalue weighted by Crippen LogP contribution is 2.40. The molecule has 0 aliphatic carbocycles. The van der Waals surface area contributed by atoms with Crippen molar-refractivity contribution in [2.24, 2.45) is 0 Å². The minimum absolute atomic E-state index is 0.0715. The quantitative estimate of drug-likeness (QED) is 0.291. The maximum absolute atomic E-state index is 11.9. The van der Waals surface area contributed by atoms with Crippen molar-refractivity contribution in [3.63, 3.8) is 0 Å². The van der Waals surface area contributed by atoms with Crippen LogP contribution in [0.5, 0.6) is 5.75 Å². The van der Waals surface area contributed by atoms with E-state index < -0.39 is 4.92 Å². The summed E-state index contributed by atoms with van der Waals surface area (Å²) in [6.07, 6.45) is 7.82. The van der Waals surface area contributed by atoms with Crippen LogP contribution in [0.3, 0.4) is 0 Å². The highest BCUT2D eigenvalue weighted by molar-refractivity contribution is 5.81. The smallest absolute Gasteiger partial charge is 0.279 e. The number of carbonyl (C=O) groups is 1. The number of nitrogens with zero attached hydrogens (tertiary/aromatic N) is 5. The van der Waals surface area contributed by atoms with Crippen LogP contribution in [-0.4, -0.2) is 39.9 Å². The predicted molar refractivity (Wildman–Crippen MR) is 136 cm³/mol. The van der Waals surface area contributed by atoms with Crippen molar-refractivity contribution >= 4 is 29.6 Å². The Morgan fingerprint density at radius 1 is 1.19 bits per heavy atom. The number of fused-ring (bicyclic) bond motifs is 1. The van der Waals surface area contributed by atoms with Crippen LogP contribution in [-0.2, 0) is 4.79 Å². The summed E-state index contributed by atoms with van der Waals surface area (Å²) < 4.78 is 5.54. The molecule has 36 heavy (non-hydrogen) atoms. The maximum atomic E-state index is 11.9. The summed E-state index contributed by atoms with van der Waals surface area (Å²) in [6, 6.07) is 13.9. The van der Waals surface area contributed by atoms with Crippen molar-refractivity contribution in [2.45, 2.75) is 6.92 Å². The second kappa shape index (κ2) is 9.34.